The lowest BCUT2D eigenvalue weighted by molar-refractivity contribution is -0.0285. The SMILES string of the molecule is CC1CC(OCCCC2CCC(N(Cc3ccccc3)Cc3ccccc3)CC2)CC(C)N1C(=O)O. The average Bonchev–Trinajstić information content (AvgIpc) is 2.87. The van der Waals surface area contributed by atoms with Crippen molar-refractivity contribution in [1.82, 2.24) is 9.80 Å². The number of hydrogen-bond donors (Lipinski definition) is 1. The molecule has 1 saturated carbocycles. The van der Waals surface area contributed by atoms with Crippen LogP contribution in [0.5, 0.6) is 0 Å². The van der Waals surface area contributed by atoms with Gasteiger partial charge in [0.15, 0.2) is 0 Å². The van der Waals surface area contributed by atoms with Gasteiger partial charge >= 0.3 is 6.09 Å². The minimum absolute atomic E-state index is 0.0289. The second-order valence-corrected chi connectivity index (χ2v) is 11.0. The zero-order valence-corrected chi connectivity index (χ0v) is 22.1. The predicted octanol–water partition coefficient (Wildman–Crippen LogP) is 6.96. The molecule has 2 aliphatic rings. The van der Waals surface area contributed by atoms with E-state index in [1.807, 2.05) is 13.8 Å². The molecule has 1 aliphatic heterocycles. The number of carbonyl (C=O) groups is 1. The molecule has 1 N–H and O–H groups in total. The highest BCUT2D eigenvalue weighted by Crippen LogP contribution is 2.32. The van der Waals surface area contributed by atoms with Crippen LogP contribution in [0, 0.1) is 5.92 Å². The van der Waals surface area contributed by atoms with Gasteiger partial charge in [-0.2, -0.15) is 0 Å². The number of rotatable bonds is 10. The highest BCUT2D eigenvalue weighted by Gasteiger charge is 2.34. The zero-order valence-electron chi connectivity index (χ0n) is 22.1. The quantitative estimate of drug-likeness (QED) is 0.364. The third-order valence-corrected chi connectivity index (χ3v) is 8.28. The van der Waals surface area contributed by atoms with E-state index >= 15 is 0 Å². The Labute approximate surface area is 217 Å². The molecule has 1 heterocycles. The summed E-state index contributed by atoms with van der Waals surface area (Å²) in [6.07, 6.45) is 8.48. The van der Waals surface area contributed by atoms with Crippen molar-refractivity contribution < 1.29 is 14.6 Å². The van der Waals surface area contributed by atoms with Crippen LogP contribution in [-0.2, 0) is 17.8 Å². The molecule has 2 unspecified atom stereocenters. The molecule has 4 rings (SSSR count). The Morgan fingerprint density at radius 2 is 1.42 bits per heavy atom. The largest absolute Gasteiger partial charge is 0.465 e. The smallest absolute Gasteiger partial charge is 0.407 e. The summed E-state index contributed by atoms with van der Waals surface area (Å²) in [5.41, 5.74) is 2.79. The van der Waals surface area contributed by atoms with E-state index in [1.165, 1.54) is 43.2 Å². The molecular formula is C31H44N2O3. The van der Waals surface area contributed by atoms with Crippen LogP contribution in [0.3, 0.4) is 0 Å². The van der Waals surface area contributed by atoms with E-state index < -0.39 is 6.09 Å². The van der Waals surface area contributed by atoms with Crippen molar-refractivity contribution in [2.24, 2.45) is 5.92 Å². The Balaban J connectivity index is 1.20. The molecule has 2 aromatic carbocycles. The first-order chi connectivity index (χ1) is 17.5. The third-order valence-electron chi connectivity index (χ3n) is 8.28. The summed E-state index contributed by atoms with van der Waals surface area (Å²) in [6, 6.07) is 22.5. The number of carboxylic acid groups (broad SMARTS) is 1. The average molecular weight is 493 g/mol. The van der Waals surface area contributed by atoms with Crippen molar-refractivity contribution in [1.29, 1.82) is 0 Å². The maximum atomic E-state index is 11.4. The van der Waals surface area contributed by atoms with Crippen LogP contribution in [0.15, 0.2) is 60.7 Å². The van der Waals surface area contributed by atoms with E-state index in [9.17, 15) is 9.90 Å². The van der Waals surface area contributed by atoms with Crippen molar-refractivity contribution >= 4 is 6.09 Å². The summed E-state index contributed by atoms with van der Waals surface area (Å²) in [5, 5.41) is 9.41. The number of likely N-dealkylation sites (tertiary alicyclic amines) is 1. The molecule has 1 aliphatic carbocycles. The summed E-state index contributed by atoms with van der Waals surface area (Å²) in [7, 11) is 0. The highest BCUT2D eigenvalue weighted by molar-refractivity contribution is 5.66. The first-order valence-corrected chi connectivity index (χ1v) is 13.9. The van der Waals surface area contributed by atoms with Gasteiger partial charge in [0.25, 0.3) is 0 Å². The Bertz CT molecular complexity index is 860. The maximum absolute atomic E-state index is 11.4. The van der Waals surface area contributed by atoms with Gasteiger partial charge in [-0.05, 0) is 82.3 Å². The molecule has 36 heavy (non-hydrogen) atoms. The fraction of sp³-hybridized carbons (Fsp3) is 0.581. The predicted molar refractivity (Wildman–Crippen MR) is 145 cm³/mol. The van der Waals surface area contributed by atoms with Gasteiger partial charge in [-0.25, -0.2) is 4.79 Å². The van der Waals surface area contributed by atoms with E-state index in [0.29, 0.717) is 6.04 Å². The van der Waals surface area contributed by atoms with Gasteiger partial charge in [0.1, 0.15) is 0 Å². The van der Waals surface area contributed by atoms with Crippen molar-refractivity contribution in [3.63, 3.8) is 0 Å². The fourth-order valence-electron chi connectivity index (χ4n) is 6.40. The Kier molecular flexibility index (Phi) is 9.82. The number of hydrogen-bond acceptors (Lipinski definition) is 3. The number of piperidine rings is 1. The van der Waals surface area contributed by atoms with E-state index in [0.717, 1.165) is 44.9 Å². The highest BCUT2D eigenvalue weighted by atomic mass is 16.5. The van der Waals surface area contributed by atoms with Crippen LogP contribution >= 0.6 is 0 Å². The van der Waals surface area contributed by atoms with Gasteiger partial charge in [-0.3, -0.25) is 4.90 Å². The summed E-state index contributed by atoms with van der Waals surface area (Å²) < 4.78 is 6.21. The summed E-state index contributed by atoms with van der Waals surface area (Å²) >= 11 is 0. The summed E-state index contributed by atoms with van der Waals surface area (Å²) in [4.78, 5) is 15.7. The van der Waals surface area contributed by atoms with Crippen LogP contribution in [0.2, 0.25) is 0 Å². The lowest BCUT2D eigenvalue weighted by Gasteiger charge is -2.40. The lowest BCUT2D eigenvalue weighted by Crippen LogP contribution is -2.51. The molecule has 196 valence electrons. The molecule has 2 atom stereocenters. The minimum atomic E-state index is -0.810. The normalized spacial score (nSPS) is 26.8. The number of amides is 1. The van der Waals surface area contributed by atoms with Crippen LogP contribution in [0.1, 0.15) is 76.3 Å². The van der Waals surface area contributed by atoms with Crippen molar-refractivity contribution in [2.45, 2.75) is 103 Å². The number of nitrogens with zero attached hydrogens (tertiary/aromatic N) is 2. The first kappa shape index (κ1) is 26.7. The van der Waals surface area contributed by atoms with Crippen LogP contribution in [0.4, 0.5) is 4.79 Å². The minimum Gasteiger partial charge on any atom is -0.465 e. The van der Waals surface area contributed by atoms with Gasteiger partial charge in [-0.1, -0.05) is 60.7 Å². The molecule has 0 spiro atoms. The van der Waals surface area contributed by atoms with Gasteiger partial charge in [0, 0.05) is 37.8 Å². The molecule has 1 amide bonds. The van der Waals surface area contributed by atoms with Crippen molar-refractivity contribution in [2.75, 3.05) is 6.61 Å². The topological polar surface area (TPSA) is 53.0 Å². The third kappa shape index (κ3) is 7.57. The molecule has 1 saturated heterocycles. The van der Waals surface area contributed by atoms with Crippen LogP contribution < -0.4 is 0 Å². The van der Waals surface area contributed by atoms with Gasteiger partial charge < -0.3 is 14.7 Å². The monoisotopic (exact) mass is 492 g/mol. The number of benzene rings is 2. The molecule has 2 aromatic rings. The second-order valence-electron chi connectivity index (χ2n) is 11.0. The second kappa shape index (κ2) is 13.3. The summed E-state index contributed by atoms with van der Waals surface area (Å²) in [6.45, 7) is 6.81. The Hall–Kier alpha value is -2.37. The lowest BCUT2D eigenvalue weighted by atomic mass is 9.82. The molecule has 0 radical (unpaired) electrons. The molecular weight excluding hydrogens is 448 g/mol. The van der Waals surface area contributed by atoms with E-state index in [4.69, 9.17) is 4.74 Å². The van der Waals surface area contributed by atoms with Crippen molar-refractivity contribution in [3.05, 3.63) is 71.8 Å². The Morgan fingerprint density at radius 1 is 0.889 bits per heavy atom. The van der Waals surface area contributed by atoms with Crippen LogP contribution in [-0.4, -0.2) is 51.8 Å². The molecule has 5 heteroatoms. The van der Waals surface area contributed by atoms with Gasteiger partial charge in [-0.15, -0.1) is 0 Å². The molecule has 0 aromatic heterocycles. The standard InChI is InChI=1S/C31H44N2O3/c1-24-20-30(21-25(2)33(24)31(34)35)36-19-9-14-26-15-17-29(18-16-26)32(22-27-10-5-3-6-11-27)23-28-12-7-4-8-13-28/h3-8,10-13,24-26,29-30H,9,14-23H2,1-2H3,(H,34,35). The molecule has 5 nitrogen and oxygen atoms in total. The van der Waals surface area contributed by atoms with Gasteiger partial charge in [0.2, 0.25) is 0 Å². The molecule has 2 fully saturated rings. The first-order valence-electron chi connectivity index (χ1n) is 13.9. The van der Waals surface area contributed by atoms with E-state index in [2.05, 4.69) is 65.6 Å². The van der Waals surface area contributed by atoms with Gasteiger partial charge in [0.05, 0.1) is 6.10 Å². The Morgan fingerprint density at radius 3 is 1.92 bits per heavy atom. The van der Waals surface area contributed by atoms with Crippen molar-refractivity contribution in [3.8, 4) is 0 Å². The summed E-state index contributed by atoms with van der Waals surface area (Å²) in [5.74, 6) is 0.798. The van der Waals surface area contributed by atoms with E-state index in [-0.39, 0.29) is 18.2 Å². The fourth-order valence-corrected chi connectivity index (χ4v) is 6.40. The van der Waals surface area contributed by atoms with E-state index in [1.54, 1.807) is 4.90 Å². The number of ether oxygens (including phenoxy) is 1. The molecule has 0 bridgehead atoms. The zero-order chi connectivity index (χ0) is 25.3. The maximum Gasteiger partial charge on any atom is 0.407 e. The van der Waals surface area contributed by atoms with Crippen LogP contribution in [0.25, 0.3) is 0 Å².